The predicted molar refractivity (Wildman–Crippen MR) is 64.8 cm³/mol. The molecule has 0 bridgehead atoms. The minimum Gasteiger partial charge on any atom is -0.308 e. The fourth-order valence-corrected chi connectivity index (χ4v) is 2.63. The van der Waals surface area contributed by atoms with Crippen LogP contribution in [-0.2, 0) is 6.54 Å². The van der Waals surface area contributed by atoms with E-state index in [4.69, 9.17) is 0 Å². The molecule has 2 rings (SSSR count). The topological polar surface area (TPSA) is 37.8 Å². The van der Waals surface area contributed by atoms with Crippen molar-refractivity contribution in [2.24, 2.45) is 11.8 Å². The van der Waals surface area contributed by atoms with Crippen molar-refractivity contribution in [2.45, 2.75) is 45.7 Å². The third kappa shape index (κ3) is 3.01. The largest absolute Gasteiger partial charge is 0.308 e. The van der Waals surface area contributed by atoms with E-state index in [2.05, 4.69) is 29.1 Å². The van der Waals surface area contributed by atoms with Crippen molar-refractivity contribution in [1.82, 2.24) is 15.3 Å². The maximum atomic E-state index is 4.23. The molecule has 0 saturated heterocycles. The summed E-state index contributed by atoms with van der Waals surface area (Å²) in [6.45, 7) is 5.58. The third-order valence-electron chi connectivity index (χ3n) is 3.62. The van der Waals surface area contributed by atoms with Gasteiger partial charge in [0.25, 0.3) is 0 Å². The average Bonchev–Trinajstić information content (AvgIpc) is 2.29. The molecule has 3 unspecified atom stereocenters. The second-order valence-corrected chi connectivity index (χ2v) is 5.08. The van der Waals surface area contributed by atoms with Crippen LogP contribution in [0.25, 0.3) is 0 Å². The Balaban J connectivity index is 1.82. The van der Waals surface area contributed by atoms with Crippen molar-refractivity contribution in [2.75, 3.05) is 0 Å². The fourth-order valence-electron chi connectivity index (χ4n) is 2.63. The van der Waals surface area contributed by atoms with Crippen LogP contribution < -0.4 is 5.32 Å². The van der Waals surface area contributed by atoms with E-state index >= 15 is 0 Å². The summed E-state index contributed by atoms with van der Waals surface area (Å²) in [5.41, 5.74) is 1.08. The van der Waals surface area contributed by atoms with Gasteiger partial charge in [-0.1, -0.05) is 13.8 Å². The Hall–Kier alpha value is -0.960. The van der Waals surface area contributed by atoms with Gasteiger partial charge in [0.05, 0.1) is 5.69 Å². The summed E-state index contributed by atoms with van der Waals surface area (Å²) in [5.74, 6) is 1.68. The van der Waals surface area contributed by atoms with Crippen LogP contribution in [0.5, 0.6) is 0 Å². The quantitative estimate of drug-likeness (QED) is 0.848. The zero-order valence-electron chi connectivity index (χ0n) is 10.2. The lowest BCUT2D eigenvalue weighted by Gasteiger charge is -2.33. The van der Waals surface area contributed by atoms with E-state index in [9.17, 15) is 0 Å². The number of hydrogen-bond acceptors (Lipinski definition) is 3. The summed E-state index contributed by atoms with van der Waals surface area (Å²) in [5, 5.41) is 3.62. The van der Waals surface area contributed by atoms with Crippen molar-refractivity contribution in [1.29, 1.82) is 0 Å². The predicted octanol–water partition coefficient (Wildman–Crippen LogP) is 2.39. The van der Waals surface area contributed by atoms with Gasteiger partial charge in [-0.25, -0.2) is 9.97 Å². The second kappa shape index (κ2) is 5.39. The second-order valence-electron chi connectivity index (χ2n) is 5.08. The number of nitrogens with one attached hydrogen (secondary N) is 1. The van der Waals surface area contributed by atoms with Crippen molar-refractivity contribution >= 4 is 0 Å². The van der Waals surface area contributed by atoms with E-state index in [1.165, 1.54) is 19.3 Å². The van der Waals surface area contributed by atoms with Gasteiger partial charge in [0.1, 0.15) is 6.33 Å². The Morgan fingerprint density at radius 2 is 2.25 bits per heavy atom. The summed E-state index contributed by atoms with van der Waals surface area (Å²) in [6.07, 6.45) is 7.42. The van der Waals surface area contributed by atoms with Crippen LogP contribution in [0.2, 0.25) is 0 Å². The molecule has 1 aromatic heterocycles. The summed E-state index contributed by atoms with van der Waals surface area (Å²) in [7, 11) is 0. The van der Waals surface area contributed by atoms with E-state index in [0.29, 0.717) is 6.04 Å². The Bertz CT molecular complexity index is 312. The molecule has 1 heterocycles. The van der Waals surface area contributed by atoms with Gasteiger partial charge in [-0.15, -0.1) is 0 Å². The molecule has 1 fully saturated rings. The third-order valence-corrected chi connectivity index (χ3v) is 3.62. The zero-order chi connectivity index (χ0) is 11.4. The summed E-state index contributed by atoms with van der Waals surface area (Å²) in [4.78, 5) is 8.16. The molecule has 0 aliphatic heterocycles. The molecule has 16 heavy (non-hydrogen) atoms. The first-order chi connectivity index (χ1) is 7.75. The maximum Gasteiger partial charge on any atom is 0.115 e. The minimum absolute atomic E-state index is 0.658. The Morgan fingerprint density at radius 1 is 1.38 bits per heavy atom. The normalized spacial score (nSPS) is 30.2. The van der Waals surface area contributed by atoms with E-state index < -0.39 is 0 Å². The highest BCUT2D eigenvalue weighted by molar-refractivity contribution is 4.97. The molecule has 0 spiro atoms. The maximum absolute atomic E-state index is 4.23. The van der Waals surface area contributed by atoms with Crippen molar-refractivity contribution in [3.8, 4) is 0 Å². The van der Waals surface area contributed by atoms with Crippen LogP contribution in [0.15, 0.2) is 18.6 Å². The van der Waals surface area contributed by atoms with Gasteiger partial charge >= 0.3 is 0 Å². The molecule has 88 valence electrons. The van der Waals surface area contributed by atoms with Crippen molar-refractivity contribution in [3.63, 3.8) is 0 Å². The van der Waals surface area contributed by atoms with Gasteiger partial charge in [0.2, 0.25) is 0 Å². The Morgan fingerprint density at radius 3 is 2.94 bits per heavy atom. The molecule has 0 amide bonds. The molecule has 1 aliphatic rings. The standard InChI is InChI=1S/C13H21N3/c1-10-3-4-13(11(2)7-10)15-8-12-5-6-14-9-16-12/h5-6,9-11,13,15H,3-4,7-8H2,1-2H3. The van der Waals surface area contributed by atoms with Crippen LogP contribution in [0.4, 0.5) is 0 Å². The lowest BCUT2D eigenvalue weighted by molar-refractivity contribution is 0.226. The highest BCUT2D eigenvalue weighted by Gasteiger charge is 2.24. The van der Waals surface area contributed by atoms with Crippen molar-refractivity contribution in [3.05, 3.63) is 24.3 Å². The molecular weight excluding hydrogens is 198 g/mol. The molecule has 1 aliphatic carbocycles. The van der Waals surface area contributed by atoms with Crippen molar-refractivity contribution < 1.29 is 0 Å². The minimum atomic E-state index is 0.658. The SMILES string of the molecule is CC1CCC(NCc2ccncn2)C(C)C1. The fraction of sp³-hybridized carbons (Fsp3) is 0.692. The Kier molecular flexibility index (Phi) is 3.88. The summed E-state index contributed by atoms with van der Waals surface area (Å²) in [6, 6.07) is 2.63. The molecule has 3 heteroatoms. The lowest BCUT2D eigenvalue weighted by atomic mass is 9.80. The van der Waals surface area contributed by atoms with Crippen LogP contribution in [0.3, 0.4) is 0 Å². The Labute approximate surface area is 97.7 Å². The molecule has 1 saturated carbocycles. The summed E-state index contributed by atoms with van der Waals surface area (Å²) >= 11 is 0. The van der Waals surface area contributed by atoms with E-state index in [1.807, 2.05) is 6.07 Å². The lowest BCUT2D eigenvalue weighted by Crippen LogP contribution is -2.38. The number of nitrogens with zero attached hydrogens (tertiary/aromatic N) is 2. The molecular formula is C13H21N3. The van der Waals surface area contributed by atoms with Gasteiger partial charge in [-0.3, -0.25) is 0 Å². The molecule has 0 aromatic carbocycles. The first-order valence-electron chi connectivity index (χ1n) is 6.24. The van der Waals surface area contributed by atoms with E-state index in [0.717, 1.165) is 24.1 Å². The van der Waals surface area contributed by atoms with E-state index in [-0.39, 0.29) is 0 Å². The molecule has 3 nitrogen and oxygen atoms in total. The van der Waals surface area contributed by atoms with E-state index in [1.54, 1.807) is 12.5 Å². The van der Waals surface area contributed by atoms with Crippen LogP contribution >= 0.6 is 0 Å². The number of hydrogen-bond donors (Lipinski definition) is 1. The summed E-state index contributed by atoms with van der Waals surface area (Å²) < 4.78 is 0. The van der Waals surface area contributed by atoms with Gasteiger partial charge in [0, 0.05) is 18.8 Å². The molecule has 1 N–H and O–H groups in total. The molecule has 3 atom stereocenters. The monoisotopic (exact) mass is 219 g/mol. The van der Waals surface area contributed by atoms with Crippen LogP contribution in [-0.4, -0.2) is 16.0 Å². The smallest absolute Gasteiger partial charge is 0.115 e. The van der Waals surface area contributed by atoms with Crippen LogP contribution in [0, 0.1) is 11.8 Å². The zero-order valence-corrected chi connectivity index (χ0v) is 10.2. The van der Waals surface area contributed by atoms with Gasteiger partial charge in [-0.05, 0) is 37.2 Å². The van der Waals surface area contributed by atoms with Gasteiger partial charge in [-0.2, -0.15) is 0 Å². The first-order valence-corrected chi connectivity index (χ1v) is 6.24. The average molecular weight is 219 g/mol. The molecule has 0 radical (unpaired) electrons. The number of rotatable bonds is 3. The van der Waals surface area contributed by atoms with Gasteiger partial charge in [0.15, 0.2) is 0 Å². The highest BCUT2D eigenvalue weighted by atomic mass is 14.9. The van der Waals surface area contributed by atoms with Crippen LogP contribution in [0.1, 0.15) is 38.8 Å². The van der Waals surface area contributed by atoms with Gasteiger partial charge < -0.3 is 5.32 Å². The number of aromatic nitrogens is 2. The highest BCUT2D eigenvalue weighted by Crippen LogP contribution is 2.28. The first kappa shape index (κ1) is 11.5. The molecule has 1 aromatic rings.